The van der Waals surface area contributed by atoms with Gasteiger partial charge in [-0.3, -0.25) is 9.59 Å². The van der Waals surface area contributed by atoms with Gasteiger partial charge in [0, 0.05) is 18.3 Å². The highest BCUT2D eigenvalue weighted by molar-refractivity contribution is 7.99. The van der Waals surface area contributed by atoms with Crippen molar-refractivity contribution >= 4 is 23.6 Å². The summed E-state index contributed by atoms with van der Waals surface area (Å²) in [6, 6.07) is 15.4. The minimum absolute atomic E-state index is 0.0488. The smallest absolute Gasteiger partial charge is 0.242 e. The average Bonchev–Trinajstić information content (AvgIpc) is 2.76. The Kier molecular flexibility index (Phi) is 9.92. The first kappa shape index (κ1) is 24.8. The van der Waals surface area contributed by atoms with Gasteiger partial charge in [0.2, 0.25) is 11.8 Å². The third kappa shape index (κ3) is 7.94. The number of thioether (sulfide) groups is 1. The molecule has 0 radical (unpaired) electrons. The van der Waals surface area contributed by atoms with E-state index in [0.29, 0.717) is 12.3 Å². The Morgan fingerprint density at radius 2 is 1.81 bits per heavy atom. The van der Waals surface area contributed by atoms with Crippen molar-refractivity contribution in [1.82, 2.24) is 10.2 Å². The van der Waals surface area contributed by atoms with Crippen LogP contribution < -0.4 is 10.1 Å². The van der Waals surface area contributed by atoms with Gasteiger partial charge in [-0.1, -0.05) is 48.9 Å². The van der Waals surface area contributed by atoms with Crippen LogP contribution in [0.2, 0.25) is 0 Å². The standard InChI is InChI=1S/C25H34N2O3S/c1-6-19(3)26-25(29)20(4)27(15-21-10-8-12-23(14-21)30-5)24(28)17-31-16-22-11-7-9-18(2)13-22/h7-14,19-20H,6,15-17H2,1-5H3,(H,26,29)/t19-,20-/m1/s1. The van der Waals surface area contributed by atoms with Gasteiger partial charge in [0.25, 0.3) is 0 Å². The molecule has 0 unspecified atom stereocenters. The summed E-state index contributed by atoms with van der Waals surface area (Å²) >= 11 is 1.57. The summed E-state index contributed by atoms with van der Waals surface area (Å²) in [7, 11) is 1.62. The average molecular weight is 443 g/mol. The van der Waals surface area contributed by atoms with E-state index in [2.05, 4.69) is 30.4 Å². The number of nitrogens with one attached hydrogen (secondary N) is 1. The number of methoxy groups -OCH3 is 1. The van der Waals surface area contributed by atoms with E-state index < -0.39 is 6.04 Å². The highest BCUT2D eigenvalue weighted by atomic mass is 32.2. The topological polar surface area (TPSA) is 58.6 Å². The minimum atomic E-state index is -0.563. The molecule has 0 bridgehead atoms. The van der Waals surface area contributed by atoms with E-state index in [0.717, 1.165) is 23.5 Å². The molecule has 1 N–H and O–H groups in total. The first-order chi connectivity index (χ1) is 14.8. The lowest BCUT2D eigenvalue weighted by atomic mass is 10.1. The van der Waals surface area contributed by atoms with Crippen molar-refractivity contribution in [2.75, 3.05) is 12.9 Å². The van der Waals surface area contributed by atoms with Crippen LogP contribution in [0.25, 0.3) is 0 Å². The number of ether oxygens (including phenoxy) is 1. The van der Waals surface area contributed by atoms with Gasteiger partial charge in [0.15, 0.2) is 0 Å². The molecular formula is C25H34N2O3S. The molecule has 168 valence electrons. The highest BCUT2D eigenvalue weighted by Gasteiger charge is 2.26. The molecule has 2 rings (SSSR count). The van der Waals surface area contributed by atoms with Gasteiger partial charge in [0.1, 0.15) is 11.8 Å². The third-order valence-corrected chi connectivity index (χ3v) is 6.22. The van der Waals surface area contributed by atoms with Crippen molar-refractivity contribution in [3.05, 3.63) is 65.2 Å². The Morgan fingerprint density at radius 1 is 1.10 bits per heavy atom. The molecule has 6 heteroatoms. The molecule has 0 heterocycles. The van der Waals surface area contributed by atoms with Crippen molar-refractivity contribution in [2.45, 2.75) is 58.5 Å². The van der Waals surface area contributed by atoms with Crippen molar-refractivity contribution in [2.24, 2.45) is 0 Å². The van der Waals surface area contributed by atoms with Gasteiger partial charge in [-0.2, -0.15) is 0 Å². The predicted molar refractivity (Wildman–Crippen MR) is 128 cm³/mol. The van der Waals surface area contributed by atoms with Gasteiger partial charge in [-0.15, -0.1) is 11.8 Å². The van der Waals surface area contributed by atoms with Gasteiger partial charge >= 0.3 is 0 Å². The minimum Gasteiger partial charge on any atom is -0.497 e. The van der Waals surface area contributed by atoms with E-state index >= 15 is 0 Å². The molecule has 2 amide bonds. The second kappa shape index (κ2) is 12.4. The lowest BCUT2D eigenvalue weighted by molar-refractivity contribution is -0.138. The number of amides is 2. The molecule has 31 heavy (non-hydrogen) atoms. The number of carbonyl (C=O) groups is 2. The van der Waals surface area contributed by atoms with Gasteiger partial charge < -0.3 is 15.0 Å². The van der Waals surface area contributed by atoms with E-state index in [-0.39, 0.29) is 17.9 Å². The molecule has 0 fully saturated rings. The zero-order valence-electron chi connectivity index (χ0n) is 19.2. The van der Waals surface area contributed by atoms with Crippen LogP contribution in [0, 0.1) is 6.92 Å². The molecule has 0 aliphatic carbocycles. The van der Waals surface area contributed by atoms with Crippen molar-refractivity contribution < 1.29 is 14.3 Å². The Balaban J connectivity index is 2.10. The van der Waals surface area contributed by atoms with E-state index in [1.54, 1.807) is 30.7 Å². The maximum absolute atomic E-state index is 13.2. The van der Waals surface area contributed by atoms with Crippen LogP contribution >= 0.6 is 11.8 Å². The number of nitrogens with zero attached hydrogens (tertiary/aromatic N) is 1. The first-order valence-corrected chi connectivity index (χ1v) is 11.9. The third-order valence-electron chi connectivity index (χ3n) is 5.23. The van der Waals surface area contributed by atoms with Gasteiger partial charge in [-0.05, 0) is 50.5 Å². The van der Waals surface area contributed by atoms with Crippen LogP contribution in [0.5, 0.6) is 5.75 Å². The van der Waals surface area contributed by atoms with E-state index in [4.69, 9.17) is 4.74 Å². The quantitative estimate of drug-likeness (QED) is 0.554. The number of carbonyl (C=O) groups excluding carboxylic acids is 2. The molecule has 2 aromatic carbocycles. The van der Waals surface area contributed by atoms with Crippen LogP contribution in [0.15, 0.2) is 48.5 Å². The second-order valence-corrected chi connectivity index (χ2v) is 8.83. The lowest BCUT2D eigenvalue weighted by Gasteiger charge is -2.29. The summed E-state index contributed by atoms with van der Waals surface area (Å²) < 4.78 is 5.31. The normalized spacial score (nSPS) is 12.7. The van der Waals surface area contributed by atoms with Crippen molar-refractivity contribution in [3.8, 4) is 5.75 Å². The fourth-order valence-corrected chi connectivity index (χ4v) is 4.01. The summed E-state index contributed by atoms with van der Waals surface area (Å²) in [5.41, 5.74) is 3.33. The fourth-order valence-electron chi connectivity index (χ4n) is 3.16. The summed E-state index contributed by atoms with van der Waals surface area (Å²) in [6.45, 7) is 8.21. The second-order valence-electron chi connectivity index (χ2n) is 7.85. The number of rotatable bonds is 11. The van der Waals surface area contributed by atoms with Crippen LogP contribution in [-0.4, -0.2) is 41.7 Å². The van der Waals surface area contributed by atoms with Crippen LogP contribution in [0.3, 0.4) is 0 Å². The van der Waals surface area contributed by atoms with E-state index in [9.17, 15) is 9.59 Å². The Morgan fingerprint density at radius 3 is 2.48 bits per heavy atom. The number of hydrogen-bond donors (Lipinski definition) is 1. The molecule has 2 aromatic rings. The molecule has 0 aliphatic heterocycles. The van der Waals surface area contributed by atoms with E-state index in [1.165, 1.54) is 11.1 Å². The molecule has 0 saturated carbocycles. The fraction of sp³-hybridized carbons (Fsp3) is 0.440. The largest absolute Gasteiger partial charge is 0.497 e. The maximum atomic E-state index is 13.2. The summed E-state index contributed by atoms with van der Waals surface area (Å²) in [4.78, 5) is 27.6. The van der Waals surface area contributed by atoms with Crippen LogP contribution in [-0.2, 0) is 21.9 Å². The zero-order chi connectivity index (χ0) is 22.8. The summed E-state index contributed by atoms with van der Waals surface area (Å²) in [6.07, 6.45) is 0.842. The Hall–Kier alpha value is -2.47. The summed E-state index contributed by atoms with van der Waals surface area (Å²) in [5.74, 6) is 1.63. The molecule has 5 nitrogen and oxygen atoms in total. The van der Waals surface area contributed by atoms with Crippen LogP contribution in [0.4, 0.5) is 0 Å². The number of hydrogen-bond acceptors (Lipinski definition) is 4. The Bertz CT molecular complexity index is 871. The van der Waals surface area contributed by atoms with Crippen LogP contribution in [0.1, 0.15) is 43.9 Å². The molecule has 0 aromatic heterocycles. The van der Waals surface area contributed by atoms with Crippen molar-refractivity contribution in [3.63, 3.8) is 0 Å². The monoisotopic (exact) mass is 442 g/mol. The highest BCUT2D eigenvalue weighted by Crippen LogP contribution is 2.19. The zero-order valence-corrected chi connectivity index (χ0v) is 20.0. The van der Waals surface area contributed by atoms with Gasteiger partial charge in [-0.25, -0.2) is 0 Å². The summed E-state index contributed by atoms with van der Waals surface area (Å²) in [5, 5.41) is 3.00. The predicted octanol–water partition coefficient (Wildman–Crippen LogP) is 4.57. The number of benzene rings is 2. The molecule has 2 atom stereocenters. The van der Waals surface area contributed by atoms with E-state index in [1.807, 2.05) is 44.2 Å². The Labute approximate surface area is 190 Å². The van der Waals surface area contributed by atoms with Gasteiger partial charge in [0.05, 0.1) is 12.9 Å². The first-order valence-electron chi connectivity index (χ1n) is 10.7. The SMILES string of the molecule is CC[C@@H](C)NC(=O)[C@@H](C)N(Cc1cccc(OC)c1)C(=O)CSCc1cccc(C)c1. The molecule has 0 spiro atoms. The van der Waals surface area contributed by atoms with Crippen molar-refractivity contribution in [1.29, 1.82) is 0 Å². The molecular weight excluding hydrogens is 408 g/mol. The molecule has 0 aliphatic rings. The maximum Gasteiger partial charge on any atom is 0.242 e. The molecule has 0 saturated heterocycles. The number of aryl methyl sites for hydroxylation is 1. The lowest BCUT2D eigenvalue weighted by Crippen LogP contribution is -2.50.